The molecule has 4 nitrogen and oxygen atoms in total. The first kappa shape index (κ1) is 12.5. The molecule has 0 amide bonds. The summed E-state index contributed by atoms with van der Waals surface area (Å²) < 4.78 is 5.59. The fourth-order valence-electron chi connectivity index (χ4n) is 2.03. The minimum absolute atomic E-state index is 0.132. The number of nitriles is 1. The fraction of sp³-hybridized carbons (Fsp3) is 0.357. The number of rotatable bonds is 5. The van der Waals surface area contributed by atoms with Gasteiger partial charge < -0.3 is 15.5 Å². The number of nitrogens with two attached hydrogens (primary N) is 1. The second-order valence-corrected chi connectivity index (χ2v) is 4.43. The van der Waals surface area contributed by atoms with Crippen molar-refractivity contribution in [1.29, 1.82) is 5.26 Å². The van der Waals surface area contributed by atoms with Gasteiger partial charge in [0, 0.05) is 17.6 Å². The van der Waals surface area contributed by atoms with Crippen molar-refractivity contribution in [2.45, 2.75) is 25.8 Å². The molecule has 94 valence electrons. The number of hydrogen-bond donors (Lipinski definition) is 2. The van der Waals surface area contributed by atoms with E-state index in [4.69, 9.17) is 15.7 Å². The van der Waals surface area contributed by atoms with E-state index >= 15 is 0 Å². The van der Waals surface area contributed by atoms with Crippen LogP contribution in [0.15, 0.2) is 24.4 Å². The lowest BCUT2D eigenvalue weighted by molar-refractivity contribution is 0.330. The molecule has 1 atom stereocenters. The number of nitrogens with zero attached hydrogens (tertiary/aromatic N) is 1. The van der Waals surface area contributed by atoms with Crippen LogP contribution in [0.25, 0.3) is 10.9 Å². The Hall–Kier alpha value is -1.99. The van der Waals surface area contributed by atoms with E-state index in [9.17, 15) is 0 Å². The zero-order chi connectivity index (χ0) is 13.0. The van der Waals surface area contributed by atoms with Crippen LogP contribution in [0, 0.1) is 11.3 Å². The summed E-state index contributed by atoms with van der Waals surface area (Å²) in [6.45, 7) is 2.41. The van der Waals surface area contributed by atoms with E-state index in [-0.39, 0.29) is 6.04 Å². The first-order valence-corrected chi connectivity index (χ1v) is 6.06. The molecule has 0 aliphatic heterocycles. The summed E-state index contributed by atoms with van der Waals surface area (Å²) in [5.74, 6) is 0.790. The fourth-order valence-corrected chi connectivity index (χ4v) is 2.03. The van der Waals surface area contributed by atoms with Crippen LogP contribution in [0.5, 0.6) is 5.75 Å². The maximum Gasteiger partial charge on any atom is 0.143 e. The van der Waals surface area contributed by atoms with E-state index in [2.05, 4.69) is 17.1 Å². The number of benzene rings is 1. The SMILES string of the molecule is CC(N)Cc1c[nH]c2c(OCCC#N)cccc12. The van der Waals surface area contributed by atoms with Crippen molar-refractivity contribution in [1.82, 2.24) is 4.98 Å². The summed E-state index contributed by atoms with van der Waals surface area (Å²) in [6.07, 6.45) is 3.20. The van der Waals surface area contributed by atoms with Crippen LogP contribution >= 0.6 is 0 Å². The van der Waals surface area contributed by atoms with Crippen molar-refractivity contribution in [3.63, 3.8) is 0 Å². The minimum atomic E-state index is 0.132. The van der Waals surface area contributed by atoms with E-state index in [0.717, 1.165) is 23.1 Å². The molecule has 0 radical (unpaired) electrons. The standard InChI is InChI=1S/C14H17N3O/c1-10(16)8-11-9-17-14-12(11)4-2-5-13(14)18-7-3-6-15/h2,4-5,9-10,17H,3,7-8,16H2,1H3. The van der Waals surface area contributed by atoms with Gasteiger partial charge in [-0.2, -0.15) is 5.26 Å². The Labute approximate surface area is 106 Å². The van der Waals surface area contributed by atoms with Crippen LogP contribution in [0.4, 0.5) is 0 Å². The summed E-state index contributed by atoms with van der Waals surface area (Å²) in [4.78, 5) is 3.23. The van der Waals surface area contributed by atoms with Crippen molar-refractivity contribution >= 4 is 10.9 Å². The van der Waals surface area contributed by atoms with Gasteiger partial charge in [-0.05, 0) is 25.0 Å². The first-order valence-electron chi connectivity index (χ1n) is 6.06. The normalized spacial score (nSPS) is 12.3. The predicted molar refractivity (Wildman–Crippen MR) is 71.4 cm³/mol. The van der Waals surface area contributed by atoms with Gasteiger partial charge >= 0.3 is 0 Å². The molecule has 0 aliphatic rings. The average molecular weight is 243 g/mol. The van der Waals surface area contributed by atoms with Crippen LogP contribution in [-0.4, -0.2) is 17.6 Å². The molecule has 1 heterocycles. The zero-order valence-electron chi connectivity index (χ0n) is 10.4. The number of ether oxygens (including phenoxy) is 1. The highest BCUT2D eigenvalue weighted by molar-refractivity contribution is 5.88. The maximum absolute atomic E-state index is 8.51. The number of aromatic amines is 1. The van der Waals surface area contributed by atoms with Gasteiger partial charge in [0.25, 0.3) is 0 Å². The van der Waals surface area contributed by atoms with E-state index in [0.29, 0.717) is 13.0 Å². The monoisotopic (exact) mass is 243 g/mol. The highest BCUT2D eigenvalue weighted by atomic mass is 16.5. The molecule has 0 aliphatic carbocycles. The highest BCUT2D eigenvalue weighted by Gasteiger charge is 2.09. The number of nitrogens with one attached hydrogen (secondary N) is 1. The average Bonchev–Trinajstić information content (AvgIpc) is 2.73. The molecule has 2 rings (SSSR count). The largest absolute Gasteiger partial charge is 0.490 e. The van der Waals surface area contributed by atoms with Crippen molar-refractivity contribution in [2.75, 3.05) is 6.61 Å². The van der Waals surface area contributed by atoms with Gasteiger partial charge in [-0.15, -0.1) is 0 Å². The Morgan fingerprint density at radius 3 is 3.06 bits per heavy atom. The second-order valence-electron chi connectivity index (χ2n) is 4.43. The van der Waals surface area contributed by atoms with E-state index in [1.807, 2.05) is 25.3 Å². The van der Waals surface area contributed by atoms with Crippen molar-refractivity contribution in [2.24, 2.45) is 5.73 Å². The van der Waals surface area contributed by atoms with Crippen molar-refractivity contribution in [3.05, 3.63) is 30.0 Å². The highest BCUT2D eigenvalue weighted by Crippen LogP contribution is 2.27. The van der Waals surface area contributed by atoms with Crippen molar-refractivity contribution < 1.29 is 4.74 Å². The molecule has 0 saturated carbocycles. The topological polar surface area (TPSA) is 74.8 Å². The molecule has 1 aromatic heterocycles. The molecule has 0 fully saturated rings. The molecular formula is C14H17N3O. The Morgan fingerprint density at radius 2 is 2.33 bits per heavy atom. The Kier molecular flexibility index (Phi) is 3.85. The first-order chi connectivity index (χ1) is 8.72. The Balaban J connectivity index is 2.28. The number of aromatic nitrogens is 1. The molecule has 18 heavy (non-hydrogen) atoms. The lowest BCUT2D eigenvalue weighted by Gasteiger charge is -2.06. The molecule has 0 saturated heterocycles. The quantitative estimate of drug-likeness (QED) is 0.791. The third kappa shape index (κ3) is 2.63. The molecule has 1 aromatic carbocycles. The Morgan fingerprint density at radius 1 is 1.50 bits per heavy atom. The smallest absolute Gasteiger partial charge is 0.143 e. The third-order valence-electron chi connectivity index (χ3n) is 2.78. The van der Waals surface area contributed by atoms with Gasteiger partial charge in [0.15, 0.2) is 0 Å². The van der Waals surface area contributed by atoms with Crippen LogP contribution in [0.3, 0.4) is 0 Å². The molecule has 2 aromatic rings. The molecule has 0 bridgehead atoms. The molecular weight excluding hydrogens is 226 g/mol. The Bertz CT molecular complexity index is 566. The predicted octanol–water partition coefficient (Wildman–Crippen LogP) is 2.35. The number of H-pyrrole nitrogens is 1. The minimum Gasteiger partial charge on any atom is -0.490 e. The van der Waals surface area contributed by atoms with Gasteiger partial charge in [0.05, 0.1) is 18.0 Å². The molecule has 1 unspecified atom stereocenters. The van der Waals surface area contributed by atoms with Gasteiger partial charge in [-0.1, -0.05) is 12.1 Å². The molecule has 3 N–H and O–H groups in total. The maximum atomic E-state index is 8.51. The lowest BCUT2D eigenvalue weighted by Crippen LogP contribution is -2.17. The number of fused-ring (bicyclic) bond motifs is 1. The van der Waals surface area contributed by atoms with Gasteiger partial charge in [0.2, 0.25) is 0 Å². The summed E-state index contributed by atoms with van der Waals surface area (Å²) in [5.41, 5.74) is 8.01. The van der Waals surface area contributed by atoms with Crippen LogP contribution < -0.4 is 10.5 Å². The van der Waals surface area contributed by atoms with Gasteiger partial charge in [0.1, 0.15) is 12.4 Å². The number of para-hydroxylation sites is 1. The summed E-state index contributed by atoms with van der Waals surface area (Å²) in [6, 6.07) is 8.12. The van der Waals surface area contributed by atoms with E-state index < -0.39 is 0 Å². The number of hydrogen-bond acceptors (Lipinski definition) is 3. The van der Waals surface area contributed by atoms with Crippen LogP contribution in [0.2, 0.25) is 0 Å². The lowest BCUT2D eigenvalue weighted by atomic mass is 10.1. The van der Waals surface area contributed by atoms with Gasteiger partial charge in [-0.25, -0.2) is 0 Å². The van der Waals surface area contributed by atoms with Crippen molar-refractivity contribution in [3.8, 4) is 11.8 Å². The molecule has 0 spiro atoms. The van der Waals surface area contributed by atoms with E-state index in [1.54, 1.807) is 0 Å². The van der Waals surface area contributed by atoms with Crippen LogP contribution in [-0.2, 0) is 6.42 Å². The summed E-state index contributed by atoms with van der Waals surface area (Å²) >= 11 is 0. The summed E-state index contributed by atoms with van der Waals surface area (Å²) in [5, 5.41) is 9.65. The third-order valence-corrected chi connectivity index (χ3v) is 2.78. The second kappa shape index (κ2) is 5.56. The molecule has 4 heteroatoms. The van der Waals surface area contributed by atoms with Crippen LogP contribution in [0.1, 0.15) is 18.9 Å². The summed E-state index contributed by atoms with van der Waals surface area (Å²) in [7, 11) is 0. The van der Waals surface area contributed by atoms with E-state index in [1.165, 1.54) is 5.56 Å². The zero-order valence-corrected chi connectivity index (χ0v) is 10.4. The van der Waals surface area contributed by atoms with Gasteiger partial charge in [-0.3, -0.25) is 0 Å².